The molecule has 0 spiro atoms. The molecule has 35 heavy (non-hydrogen) atoms. The zero-order valence-corrected chi connectivity index (χ0v) is 21.2. The minimum absolute atomic E-state index is 0.0366. The van der Waals surface area contributed by atoms with Crippen LogP contribution in [0.4, 0.5) is 0 Å². The van der Waals surface area contributed by atoms with Gasteiger partial charge in [0.15, 0.2) is 6.61 Å². The predicted molar refractivity (Wildman–Crippen MR) is 140 cm³/mol. The van der Waals surface area contributed by atoms with Crippen molar-refractivity contribution >= 4 is 11.8 Å². The summed E-state index contributed by atoms with van der Waals surface area (Å²) < 4.78 is 5.84. The summed E-state index contributed by atoms with van der Waals surface area (Å²) in [6.07, 6.45) is 1.36. The Morgan fingerprint density at radius 1 is 0.857 bits per heavy atom. The third kappa shape index (κ3) is 7.99. The molecule has 0 unspecified atom stereocenters. The van der Waals surface area contributed by atoms with Gasteiger partial charge in [0.05, 0.1) is 0 Å². The number of carbonyl (C=O) groups is 2. The van der Waals surface area contributed by atoms with Crippen molar-refractivity contribution in [2.45, 2.75) is 59.2 Å². The standard InChI is InChI=1S/C30H36N2O3/c1-5-24-15-17-27(18-16-24)35-21-29(33)32(20-26-13-11-23(4)12-14-26)28(30(34)31-22(2)3)19-25-9-7-6-8-10-25/h6-18,22,28H,5,19-21H2,1-4H3,(H,31,34)/t28-/m1/s1. The van der Waals surface area contributed by atoms with Crippen LogP contribution in [-0.4, -0.2) is 35.4 Å². The quantitative estimate of drug-likeness (QED) is 0.422. The van der Waals surface area contributed by atoms with Gasteiger partial charge >= 0.3 is 0 Å². The molecule has 0 aromatic heterocycles. The van der Waals surface area contributed by atoms with Gasteiger partial charge < -0.3 is 15.0 Å². The molecular formula is C30H36N2O3. The number of ether oxygens (including phenoxy) is 1. The SMILES string of the molecule is CCc1ccc(OCC(=O)N(Cc2ccc(C)cc2)[C@H](Cc2ccccc2)C(=O)NC(C)C)cc1. The number of rotatable bonds is 11. The van der Waals surface area contributed by atoms with Crippen LogP contribution in [0.3, 0.4) is 0 Å². The lowest BCUT2D eigenvalue weighted by Gasteiger charge is -2.32. The van der Waals surface area contributed by atoms with E-state index in [2.05, 4.69) is 12.2 Å². The number of carbonyl (C=O) groups excluding carboxylic acids is 2. The van der Waals surface area contributed by atoms with Crippen LogP contribution in [0.15, 0.2) is 78.9 Å². The van der Waals surface area contributed by atoms with Gasteiger partial charge in [0.2, 0.25) is 5.91 Å². The Bertz CT molecular complexity index is 1080. The maximum atomic E-state index is 13.6. The van der Waals surface area contributed by atoms with Gasteiger partial charge in [-0.05, 0) is 56.0 Å². The van der Waals surface area contributed by atoms with Crippen molar-refractivity contribution in [1.29, 1.82) is 0 Å². The average molecular weight is 473 g/mol. The molecule has 3 aromatic rings. The molecule has 0 heterocycles. The summed E-state index contributed by atoms with van der Waals surface area (Å²) >= 11 is 0. The van der Waals surface area contributed by atoms with Crippen molar-refractivity contribution in [3.63, 3.8) is 0 Å². The van der Waals surface area contributed by atoms with Crippen molar-refractivity contribution < 1.29 is 14.3 Å². The van der Waals surface area contributed by atoms with Gasteiger partial charge in [0.25, 0.3) is 5.91 Å². The summed E-state index contributed by atoms with van der Waals surface area (Å²) in [5.74, 6) is 0.235. The van der Waals surface area contributed by atoms with Crippen molar-refractivity contribution in [3.8, 4) is 5.75 Å². The molecule has 1 atom stereocenters. The molecule has 3 rings (SSSR count). The van der Waals surface area contributed by atoms with Gasteiger partial charge in [0.1, 0.15) is 11.8 Å². The molecule has 5 nitrogen and oxygen atoms in total. The molecule has 0 aliphatic heterocycles. The van der Waals surface area contributed by atoms with Crippen LogP contribution < -0.4 is 10.1 Å². The molecule has 3 aromatic carbocycles. The highest BCUT2D eigenvalue weighted by atomic mass is 16.5. The Hall–Kier alpha value is -3.60. The Kier molecular flexibility index (Phi) is 9.47. The number of nitrogens with one attached hydrogen (secondary N) is 1. The molecule has 2 amide bonds. The fourth-order valence-electron chi connectivity index (χ4n) is 3.87. The van der Waals surface area contributed by atoms with Gasteiger partial charge in [0, 0.05) is 19.0 Å². The lowest BCUT2D eigenvalue weighted by Crippen LogP contribution is -2.52. The van der Waals surface area contributed by atoms with Crippen LogP contribution in [0.1, 0.15) is 43.0 Å². The summed E-state index contributed by atoms with van der Waals surface area (Å²) in [5.41, 5.74) is 4.31. The van der Waals surface area contributed by atoms with E-state index in [9.17, 15) is 9.59 Å². The Morgan fingerprint density at radius 2 is 1.49 bits per heavy atom. The first-order valence-electron chi connectivity index (χ1n) is 12.3. The Labute approximate surface area is 209 Å². The maximum Gasteiger partial charge on any atom is 0.261 e. The number of nitrogens with zero attached hydrogens (tertiary/aromatic N) is 1. The molecule has 0 bridgehead atoms. The molecule has 1 N–H and O–H groups in total. The summed E-state index contributed by atoms with van der Waals surface area (Å²) in [5, 5.41) is 3.01. The van der Waals surface area contributed by atoms with E-state index < -0.39 is 6.04 Å². The van der Waals surface area contributed by atoms with Crippen LogP contribution in [0.2, 0.25) is 0 Å². The van der Waals surface area contributed by atoms with Crippen LogP contribution in [0, 0.1) is 6.92 Å². The zero-order valence-electron chi connectivity index (χ0n) is 21.2. The summed E-state index contributed by atoms with van der Waals surface area (Å²) in [4.78, 5) is 28.5. The molecule has 0 radical (unpaired) electrons. The molecular weight excluding hydrogens is 436 g/mol. The van der Waals surface area contributed by atoms with E-state index in [0.29, 0.717) is 18.7 Å². The molecule has 0 aliphatic rings. The average Bonchev–Trinajstić information content (AvgIpc) is 2.86. The molecule has 5 heteroatoms. The zero-order chi connectivity index (χ0) is 25.2. The molecule has 0 saturated heterocycles. The van der Waals surface area contributed by atoms with E-state index in [1.807, 2.05) is 99.6 Å². The summed E-state index contributed by atoms with van der Waals surface area (Å²) in [6.45, 7) is 8.15. The highest BCUT2D eigenvalue weighted by Gasteiger charge is 2.31. The topological polar surface area (TPSA) is 58.6 Å². The largest absolute Gasteiger partial charge is 0.484 e. The van der Waals surface area contributed by atoms with E-state index >= 15 is 0 Å². The van der Waals surface area contributed by atoms with E-state index in [1.54, 1.807) is 4.90 Å². The first-order valence-corrected chi connectivity index (χ1v) is 12.3. The van der Waals surface area contributed by atoms with Gasteiger partial charge in [-0.3, -0.25) is 9.59 Å². The van der Waals surface area contributed by atoms with E-state index in [4.69, 9.17) is 4.74 Å². The maximum absolute atomic E-state index is 13.6. The van der Waals surface area contributed by atoms with Gasteiger partial charge in [-0.25, -0.2) is 0 Å². The second-order valence-electron chi connectivity index (χ2n) is 9.16. The number of aryl methyl sites for hydroxylation is 2. The molecule has 0 fully saturated rings. The second kappa shape index (κ2) is 12.7. The smallest absolute Gasteiger partial charge is 0.261 e. The lowest BCUT2D eigenvalue weighted by molar-refractivity contribution is -0.143. The first kappa shape index (κ1) is 26.0. The van der Waals surface area contributed by atoms with Crippen molar-refractivity contribution in [1.82, 2.24) is 10.2 Å². The van der Waals surface area contributed by atoms with E-state index in [0.717, 1.165) is 23.1 Å². The third-order valence-electron chi connectivity index (χ3n) is 5.87. The normalized spacial score (nSPS) is 11.7. The summed E-state index contributed by atoms with van der Waals surface area (Å²) in [7, 11) is 0. The first-order chi connectivity index (χ1) is 16.9. The van der Waals surface area contributed by atoms with Gasteiger partial charge in [-0.15, -0.1) is 0 Å². The van der Waals surface area contributed by atoms with Crippen molar-refractivity contribution in [2.75, 3.05) is 6.61 Å². The minimum atomic E-state index is -0.667. The van der Waals surface area contributed by atoms with E-state index in [-0.39, 0.29) is 24.5 Å². The third-order valence-corrected chi connectivity index (χ3v) is 5.87. The number of hydrogen-bond donors (Lipinski definition) is 1. The fraction of sp³-hybridized carbons (Fsp3) is 0.333. The Balaban J connectivity index is 1.87. The highest BCUT2D eigenvalue weighted by molar-refractivity contribution is 5.88. The minimum Gasteiger partial charge on any atom is -0.484 e. The van der Waals surface area contributed by atoms with Crippen molar-refractivity contribution in [2.24, 2.45) is 0 Å². The van der Waals surface area contributed by atoms with Crippen LogP contribution in [-0.2, 0) is 29.0 Å². The highest BCUT2D eigenvalue weighted by Crippen LogP contribution is 2.17. The second-order valence-corrected chi connectivity index (χ2v) is 9.16. The van der Waals surface area contributed by atoms with Gasteiger partial charge in [-0.2, -0.15) is 0 Å². The molecule has 0 aliphatic carbocycles. The van der Waals surface area contributed by atoms with Crippen LogP contribution in [0.5, 0.6) is 5.75 Å². The van der Waals surface area contributed by atoms with Crippen LogP contribution >= 0.6 is 0 Å². The predicted octanol–water partition coefficient (Wildman–Crippen LogP) is 5.10. The summed E-state index contributed by atoms with van der Waals surface area (Å²) in [6, 6.07) is 24.9. The van der Waals surface area contributed by atoms with Crippen molar-refractivity contribution in [3.05, 3.63) is 101 Å². The monoisotopic (exact) mass is 472 g/mol. The van der Waals surface area contributed by atoms with Crippen LogP contribution in [0.25, 0.3) is 0 Å². The Morgan fingerprint density at radius 3 is 2.09 bits per heavy atom. The van der Waals surface area contributed by atoms with E-state index in [1.165, 1.54) is 5.56 Å². The molecule has 184 valence electrons. The van der Waals surface area contributed by atoms with Gasteiger partial charge in [-0.1, -0.05) is 79.2 Å². The number of amides is 2. The molecule has 0 saturated carbocycles. The fourth-order valence-corrected chi connectivity index (χ4v) is 3.87. The lowest BCUT2D eigenvalue weighted by atomic mass is 10.0. The number of hydrogen-bond acceptors (Lipinski definition) is 3. The number of benzene rings is 3.